The monoisotopic (exact) mass is 245 g/mol. The van der Waals surface area contributed by atoms with E-state index in [1.807, 2.05) is 0 Å². The molecular formula is C11H13F2NO3. The number of aliphatic hydroxyl groups is 2. The topological polar surface area (TPSA) is 83.6 Å². The van der Waals surface area contributed by atoms with E-state index in [9.17, 15) is 23.8 Å². The molecule has 0 aliphatic carbocycles. The molecule has 4 N–H and O–H groups in total. The van der Waals surface area contributed by atoms with Gasteiger partial charge < -0.3 is 15.9 Å². The largest absolute Gasteiger partial charge is 0.390 e. The molecule has 1 rings (SSSR count). The van der Waals surface area contributed by atoms with Crippen molar-refractivity contribution >= 4 is 6.29 Å². The van der Waals surface area contributed by atoms with Crippen molar-refractivity contribution < 1.29 is 23.8 Å². The zero-order valence-electron chi connectivity index (χ0n) is 8.94. The summed E-state index contributed by atoms with van der Waals surface area (Å²) in [7, 11) is 0. The second kappa shape index (κ2) is 5.81. The lowest BCUT2D eigenvalue weighted by Crippen LogP contribution is -2.22. The number of halogens is 2. The number of carbonyl (C=O) groups is 1. The van der Waals surface area contributed by atoms with Gasteiger partial charge in [0.05, 0.1) is 11.7 Å². The van der Waals surface area contributed by atoms with E-state index in [0.717, 1.165) is 0 Å². The Morgan fingerprint density at radius 2 is 1.94 bits per heavy atom. The number of hydrogen-bond acceptors (Lipinski definition) is 4. The van der Waals surface area contributed by atoms with Gasteiger partial charge in [0.25, 0.3) is 0 Å². The molecule has 0 saturated carbocycles. The van der Waals surface area contributed by atoms with Gasteiger partial charge in [0, 0.05) is 5.56 Å². The van der Waals surface area contributed by atoms with E-state index in [4.69, 9.17) is 5.73 Å². The van der Waals surface area contributed by atoms with Gasteiger partial charge in [-0.25, -0.2) is 8.78 Å². The van der Waals surface area contributed by atoms with Gasteiger partial charge in [-0.1, -0.05) is 0 Å². The highest BCUT2D eigenvalue weighted by molar-refractivity contribution is 5.75. The molecule has 17 heavy (non-hydrogen) atoms. The summed E-state index contributed by atoms with van der Waals surface area (Å²) in [6, 6.07) is 1.37. The fourth-order valence-electron chi connectivity index (χ4n) is 1.43. The summed E-state index contributed by atoms with van der Waals surface area (Å²) in [5.41, 5.74) is 4.34. The molecule has 4 nitrogen and oxygen atoms in total. The van der Waals surface area contributed by atoms with Crippen LogP contribution in [0.3, 0.4) is 0 Å². The van der Waals surface area contributed by atoms with Gasteiger partial charge in [-0.3, -0.25) is 4.79 Å². The summed E-state index contributed by atoms with van der Waals surface area (Å²) in [6.45, 7) is 0.106. The van der Waals surface area contributed by atoms with Gasteiger partial charge in [-0.2, -0.15) is 0 Å². The minimum Gasteiger partial charge on any atom is -0.390 e. The summed E-state index contributed by atoms with van der Waals surface area (Å²) in [5, 5.41) is 19.0. The van der Waals surface area contributed by atoms with Crippen molar-refractivity contribution in [2.75, 3.05) is 6.54 Å². The van der Waals surface area contributed by atoms with Gasteiger partial charge in [-0.15, -0.1) is 0 Å². The number of rotatable bonds is 5. The van der Waals surface area contributed by atoms with Crippen LogP contribution in [0.1, 0.15) is 28.4 Å². The molecular weight excluding hydrogens is 232 g/mol. The highest BCUT2D eigenvalue weighted by Crippen LogP contribution is 2.24. The fraction of sp³-hybridized carbons (Fsp3) is 0.364. The van der Waals surface area contributed by atoms with Crippen molar-refractivity contribution in [3.8, 4) is 0 Å². The number of aldehydes is 1. The van der Waals surface area contributed by atoms with E-state index in [1.54, 1.807) is 0 Å². The van der Waals surface area contributed by atoms with Crippen molar-refractivity contribution in [2.24, 2.45) is 5.73 Å². The van der Waals surface area contributed by atoms with Crippen LogP contribution in [-0.4, -0.2) is 29.1 Å². The predicted octanol–water partition coefficient (Wildman–Crippen LogP) is 0.520. The van der Waals surface area contributed by atoms with E-state index >= 15 is 0 Å². The maximum atomic E-state index is 13.4. The molecule has 1 aromatic rings. The Hall–Kier alpha value is -1.37. The van der Waals surface area contributed by atoms with E-state index in [2.05, 4.69) is 0 Å². The van der Waals surface area contributed by atoms with Crippen LogP contribution in [0.15, 0.2) is 12.1 Å². The van der Waals surface area contributed by atoms with Crippen molar-refractivity contribution in [3.05, 3.63) is 34.9 Å². The zero-order chi connectivity index (χ0) is 13.0. The molecule has 2 unspecified atom stereocenters. The molecule has 94 valence electrons. The summed E-state index contributed by atoms with van der Waals surface area (Å²) in [6.07, 6.45) is -2.63. The highest BCUT2D eigenvalue weighted by Gasteiger charge is 2.22. The Balaban J connectivity index is 3.05. The maximum Gasteiger partial charge on any atom is 0.153 e. The molecule has 0 spiro atoms. The normalized spacial score (nSPS) is 14.4. The van der Waals surface area contributed by atoms with Crippen LogP contribution in [-0.2, 0) is 0 Å². The van der Waals surface area contributed by atoms with Crippen LogP contribution in [0.4, 0.5) is 8.78 Å². The van der Waals surface area contributed by atoms with Gasteiger partial charge in [0.2, 0.25) is 0 Å². The summed E-state index contributed by atoms with van der Waals surface area (Å²) in [4.78, 5) is 10.4. The molecule has 0 fully saturated rings. The van der Waals surface area contributed by atoms with Crippen LogP contribution < -0.4 is 5.73 Å². The highest BCUT2D eigenvalue weighted by atomic mass is 19.1. The lowest BCUT2D eigenvalue weighted by atomic mass is 10.00. The first-order chi connectivity index (χ1) is 8.01. The Morgan fingerprint density at radius 3 is 2.47 bits per heavy atom. The second-order valence-electron chi connectivity index (χ2n) is 3.60. The fourth-order valence-corrected chi connectivity index (χ4v) is 1.43. The summed E-state index contributed by atoms with van der Waals surface area (Å²) >= 11 is 0. The Labute approximate surface area is 96.7 Å². The van der Waals surface area contributed by atoms with Gasteiger partial charge in [0.1, 0.15) is 17.7 Å². The van der Waals surface area contributed by atoms with Gasteiger partial charge in [0.15, 0.2) is 6.29 Å². The first-order valence-corrected chi connectivity index (χ1v) is 5.01. The molecule has 0 heterocycles. The molecule has 0 bridgehead atoms. The number of hydrogen-bond donors (Lipinski definition) is 3. The lowest BCUT2D eigenvalue weighted by Gasteiger charge is -2.18. The zero-order valence-corrected chi connectivity index (χ0v) is 8.94. The Morgan fingerprint density at radius 1 is 1.29 bits per heavy atom. The minimum atomic E-state index is -1.58. The van der Waals surface area contributed by atoms with Crippen LogP contribution in [0, 0.1) is 11.6 Å². The molecule has 0 saturated heterocycles. The van der Waals surface area contributed by atoms with E-state index in [0.29, 0.717) is 12.1 Å². The average molecular weight is 245 g/mol. The van der Waals surface area contributed by atoms with Crippen molar-refractivity contribution in [1.82, 2.24) is 0 Å². The van der Waals surface area contributed by atoms with E-state index < -0.39 is 35.0 Å². The Bertz CT molecular complexity index is 412. The molecule has 0 aliphatic heterocycles. The number of nitrogens with two attached hydrogens (primary N) is 1. The van der Waals surface area contributed by atoms with Crippen molar-refractivity contribution in [2.45, 2.75) is 18.6 Å². The van der Waals surface area contributed by atoms with E-state index in [-0.39, 0.29) is 19.3 Å². The molecule has 2 atom stereocenters. The third kappa shape index (κ3) is 3.06. The molecule has 6 heteroatoms. The summed E-state index contributed by atoms with van der Waals surface area (Å²) < 4.78 is 26.7. The SMILES string of the molecule is NCCC(O)C(O)c1cc(F)c(C=O)cc1F. The smallest absolute Gasteiger partial charge is 0.153 e. The van der Waals surface area contributed by atoms with Gasteiger partial charge >= 0.3 is 0 Å². The molecule has 0 radical (unpaired) electrons. The summed E-state index contributed by atoms with van der Waals surface area (Å²) in [5.74, 6) is -1.90. The average Bonchev–Trinajstić information content (AvgIpc) is 2.31. The molecule has 0 aromatic heterocycles. The van der Waals surface area contributed by atoms with Crippen LogP contribution in [0.25, 0.3) is 0 Å². The van der Waals surface area contributed by atoms with Crippen LogP contribution in [0.5, 0.6) is 0 Å². The predicted molar refractivity (Wildman–Crippen MR) is 56.4 cm³/mol. The number of carbonyl (C=O) groups excluding carboxylic acids is 1. The maximum absolute atomic E-state index is 13.4. The van der Waals surface area contributed by atoms with Crippen LogP contribution >= 0.6 is 0 Å². The standard InChI is InChI=1S/C11H13F2NO3/c12-8-4-7(9(13)3-6(8)5-15)11(17)10(16)1-2-14/h3-5,10-11,16-17H,1-2,14H2. The molecule has 0 amide bonds. The lowest BCUT2D eigenvalue weighted by molar-refractivity contribution is 0.0128. The van der Waals surface area contributed by atoms with Gasteiger partial charge in [-0.05, 0) is 25.1 Å². The Kier molecular flexibility index (Phi) is 4.68. The third-order valence-electron chi connectivity index (χ3n) is 2.39. The molecule has 1 aromatic carbocycles. The number of benzene rings is 1. The quantitative estimate of drug-likeness (QED) is 0.660. The van der Waals surface area contributed by atoms with Crippen LogP contribution in [0.2, 0.25) is 0 Å². The third-order valence-corrected chi connectivity index (χ3v) is 2.39. The molecule has 0 aliphatic rings. The van der Waals surface area contributed by atoms with Crippen molar-refractivity contribution in [3.63, 3.8) is 0 Å². The minimum absolute atomic E-state index is 0.0532. The first-order valence-electron chi connectivity index (χ1n) is 5.01. The van der Waals surface area contributed by atoms with Crippen molar-refractivity contribution in [1.29, 1.82) is 0 Å². The first kappa shape index (κ1) is 13.7. The number of aliphatic hydroxyl groups excluding tert-OH is 2. The second-order valence-corrected chi connectivity index (χ2v) is 3.60. The van der Waals surface area contributed by atoms with E-state index in [1.165, 1.54) is 0 Å².